The summed E-state index contributed by atoms with van der Waals surface area (Å²) in [4.78, 5) is 10.4. The first-order valence-electron chi connectivity index (χ1n) is 3.91. The molecule has 0 saturated carbocycles. The van der Waals surface area contributed by atoms with Crippen molar-refractivity contribution in [2.24, 2.45) is 0 Å². The molecule has 1 aromatic heterocycles. The summed E-state index contributed by atoms with van der Waals surface area (Å²) in [5, 5.41) is 24.5. The van der Waals surface area contributed by atoms with Crippen molar-refractivity contribution >= 4 is 5.97 Å². The third-order valence-electron chi connectivity index (χ3n) is 1.53. The van der Waals surface area contributed by atoms with Crippen molar-refractivity contribution in [2.75, 3.05) is 0 Å². The number of aryl methyl sites for hydroxylation is 1. The van der Waals surface area contributed by atoms with Gasteiger partial charge in [-0.3, -0.25) is 4.68 Å². The molecule has 0 aromatic carbocycles. The summed E-state index contributed by atoms with van der Waals surface area (Å²) in [6, 6.07) is 0. The van der Waals surface area contributed by atoms with Crippen molar-refractivity contribution in [1.29, 1.82) is 0 Å². The van der Waals surface area contributed by atoms with Gasteiger partial charge in [-0.1, -0.05) is 5.21 Å². The zero-order chi connectivity index (χ0) is 9.84. The minimum absolute atomic E-state index is 0.0782. The van der Waals surface area contributed by atoms with Crippen LogP contribution < -0.4 is 0 Å². The summed E-state index contributed by atoms with van der Waals surface area (Å²) in [6.45, 7) is 2.13. The zero-order valence-corrected chi connectivity index (χ0v) is 7.21. The van der Waals surface area contributed by atoms with E-state index in [1.165, 1.54) is 10.9 Å². The van der Waals surface area contributed by atoms with E-state index in [2.05, 4.69) is 10.3 Å². The lowest BCUT2D eigenvalue weighted by molar-refractivity contribution is 0.0690. The van der Waals surface area contributed by atoms with Gasteiger partial charge in [0.1, 0.15) is 0 Å². The SMILES string of the molecule is CC(O)CCn1cc(C(=O)O)nn1. The topological polar surface area (TPSA) is 88.2 Å². The summed E-state index contributed by atoms with van der Waals surface area (Å²) in [5.41, 5.74) is -0.0782. The number of nitrogens with zero attached hydrogens (tertiary/aromatic N) is 3. The van der Waals surface area contributed by atoms with E-state index in [4.69, 9.17) is 10.2 Å². The van der Waals surface area contributed by atoms with E-state index in [0.29, 0.717) is 13.0 Å². The molecule has 72 valence electrons. The lowest BCUT2D eigenvalue weighted by Crippen LogP contribution is -2.07. The molecule has 0 spiro atoms. The van der Waals surface area contributed by atoms with E-state index in [1.54, 1.807) is 6.92 Å². The van der Waals surface area contributed by atoms with E-state index in [1.807, 2.05) is 0 Å². The number of aliphatic hydroxyl groups is 1. The minimum Gasteiger partial charge on any atom is -0.476 e. The van der Waals surface area contributed by atoms with Crippen molar-refractivity contribution in [3.8, 4) is 0 Å². The molecule has 0 radical (unpaired) electrons. The molecule has 0 bridgehead atoms. The number of aromatic carboxylic acids is 1. The van der Waals surface area contributed by atoms with Gasteiger partial charge >= 0.3 is 5.97 Å². The van der Waals surface area contributed by atoms with Gasteiger partial charge in [0.25, 0.3) is 0 Å². The summed E-state index contributed by atoms with van der Waals surface area (Å²) >= 11 is 0. The van der Waals surface area contributed by atoms with Crippen molar-refractivity contribution < 1.29 is 15.0 Å². The van der Waals surface area contributed by atoms with Gasteiger partial charge in [0, 0.05) is 6.54 Å². The Kier molecular flexibility index (Phi) is 2.97. The fourth-order valence-electron chi connectivity index (χ4n) is 0.825. The largest absolute Gasteiger partial charge is 0.476 e. The molecule has 0 saturated heterocycles. The molecule has 1 aromatic rings. The van der Waals surface area contributed by atoms with Gasteiger partial charge in [0.2, 0.25) is 0 Å². The van der Waals surface area contributed by atoms with Gasteiger partial charge in [-0.25, -0.2) is 4.79 Å². The number of hydrogen-bond acceptors (Lipinski definition) is 4. The molecule has 6 heteroatoms. The molecule has 0 aliphatic rings. The first-order valence-corrected chi connectivity index (χ1v) is 3.91. The number of carboxylic acids is 1. The number of carboxylic acid groups (broad SMARTS) is 1. The maximum absolute atomic E-state index is 10.4. The third kappa shape index (κ3) is 2.83. The van der Waals surface area contributed by atoms with Crippen molar-refractivity contribution in [2.45, 2.75) is 26.0 Å². The molecule has 0 fully saturated rings. The lowest BCUT2D eigenvalue weighted by Gasteiger charge is -2.01. The minimum atomic E-state index is -1.09. The molecular formula is C7H11N3O3. The van der Waals surface area contributed by atoms with E-state index < -0.39 is 12.1 Å². The quantitative estimate of drug-likeness (QED) is 0.675. The fourth-order valence-corrected chi connectivity index (χ4v) is 0.825. The molecular weight excluding hydrogens is 174 g/mol. The predicted octanol–water partition coefficient (Wildman–Crippen LogP) is -0.253. The lowest BCUT2D eigenvalue weighted by atomic mass is 10.3. The van der Waals surface area contributed by atoms with Gasteiger partial charge in [-0.2, -0.15) is 0 Å². The molecule has 0 amide bonds. The fraction of sp³-hybridized carbons (Fsp3) is 0.571. The molecule has 0 aliphatic heterocycles. The van der Waals surface area contributed by atoms with Gasteiger partial charge in [-0.15, -0.1) is 5.10 Å². The van der Waals surface area contributed by atoms with Crippen molar-refractivity contribution in [3.63, 3.8) is 0 Å². The van der Waals surface area contributed by atoms with Crippen LogP contribution in [-0.2, 0) is 6.54 Å². The zero-order valence-electron chi connectivity index (χ0n) is 7.21. The van der Waals surface area contributed by atoms with Crippen LogP contribution in [0.5, 0.6) is 0 Å². The average Bonchev–Trinajstić information content (AvgIpc) is 2.48. The number of rotatable bonds is 4. The van der Waals surface area contributed by atoms with Crippen LogP contribution in [0.15, 0.2) is 6.20 Å². The highest BCUT2D eigenvalue weighted by Crippen LogP contribution is 1.96. The normalized spacial score (nSPS) is 12.8. The van der Waals surface area contributed by atoms with Crippen LogP contribution in [0.3, 0.4) is 0 Å². The standard InChI is InChI=1S/C7H11N3O3/c1-5(11)2-3-10-4-6(7(12)13)8-9-10/h4-5,11H,2-3H2,1H3,(H,12,13). The van der Waals surface area contributed by atoms with Crippen LogP contribution >= 0.6 is 0 Å². The Morgan fingerprint density at radius 2 is 2.46 bits per heavy atom. The van der Waals surface area contributed by atoms with Crippen molar-refractivity contribution in [1.82, 2.24) is 15.0 Å². The maximum atomic E-state index is 10.4. The summed E-state index contributed by atoms with van der Waals surface area (Å²) in [5.74, 6) is -1.09. The van der Waals surface area contributed by atoms with Gasteiger partial charge in [-0.05, 0) is 13.3 Å². The van der Waals surface area contributed by atoms with Crippen molar-refractivity contribution in [3.05, 3.63) is 11.9 Å². The Balaban J connectivity index is 2.54. The molecule has 1 heterocycles. The first kappa shape index (κ1) is 9.66. The second kappa shape index (κ2) is 3.99. The van der Waals surface area contributed by atoms with Gasteiger partial charge < -0.3 is 10.2 Å². The van der Waals surface area contributed by atoms with E-state index in [-0.39, 0.29) is 5.69 Å². The number of carbonyl (C=O) groups is 1. The number of aliphatic hydroxyl groups excluding tert-OH is 1. The molecule has 1 atom stereocenters. The molecule has 0 aliphatic carbocycles. The second-order valence-electron chi connectivity index (χ2n) is 2.81. The second-order valence-corrected chi connectivity index (χ2v) is 2.81. The average molecular weight is 185 g/mol. The summed E-state index contributed by atoms with van der Waals surface area (Å²) in [6.07, 6.45) is 1.45. The van der Waals surface area contributed by atoms with Crippen LogP contribution in [0.25, 0.3) is 0 Å². The Morgan fingerprint density at radius 1 is 1.77 bits per heavy atom. The Bertz CT molecular complexity index is 295. The van der Waals surface area contributed by atoms with Crippen LogP contribution in [-0.4, -0.2) is 37.3 Å². The maximum Gasteiger partial charge on any atom is 0.358 e. The summed E-state index contributed by atoms with van der Waals surface area (Å²) in [7, 11) is 0. The smallest absolute Gasteiger partial charge is 0.358 e. The van der Waals surface area contributed by atoms with Crippen LogP contribution in [0.2, 0.25) is 0 Å². The summed E-state index contributed by atoms with van der Waals surface area (Å²) < 4.78 is 1.40. The van der Waals surface area contributed by atoms with Crippen LogP contribution in [0, 0.1) is 0 Å². The molecule has 1 unspecified atom stereocenters. The molecule has 1 rings (SSSR count). The molecule has 6 nitrogen and oxygen atoms in total. The Morgan fingerprint density at radius 3 is 2.92 bits per heavy atom. The van der Waals surface area contributed by atoms with Gasteiger partial charge in [0.05, 0.1) is 12.3 Å². The predicted molar refractivity (Wildman–Crippen MR) is 43.3 cm³/mol. The number of hydrogen-bond donors (Lipinski definition) is 2. The monoisotopic (exact) mass is 185 g/mol. The van der Waals surface area contributed by atoms with E-state index >= 15 is 0 Å². The van der Waals surface area contributed by atoms with E-state index in [9.17, 15) is 4.79 Å². The number of aromatic nitrogens is 3. The highest BCUT2D eigenvalue weighted by Gasteiger charge is 2.07. The Labute approximate surface area is 74.8 Å². The van der Waals surface area contributed by atoms with E-state index in [0.717, 1.165) is 0 Å². The molecule has 13 heavy (non-hydrogen) atoms. The highest BCUT2D eigenvalue weighted by molar-refractivity contribution is 5.84. The van der Waals surface area contributed by atoms with Gasteiger partial charge in [0.15, 0.2) is 5.69 Å². The Hall–Kier alpha value is -1.43. The first-order chi connectivity index (χ1) is 6.09. The third-order valence-corrected chi connectivity index (χ3v) is 1.53. The highest BCUT2D eigenvalue weighted by atomic mass is 16.4. The molecule has 2 N–H and O–H groups in total. The van der Waals surface area contributed by atoms with Crippen LogP contribution in [0.4, 0.5) is 0 Å². The van der Waals surface area contributed by atoms with Crippen LogP contribution in [0.1, 0.15) is 23.8 Å².